The molecule has 0 fully saturated rings. The highest BCUT2D eigenvalue weighted by molar-refractivity contribution is 5.70. The van der Waals surface area contributed by atoms with Gasteiger partial charge in [0.2, 0.25) is 0 Å². The Kier molecular flexibility index (Phi) is 4.19. The Morgan fingerprint density at radius 3 is 1.45 bits per heavy atom. The van der Waals surface area contributed by atoms with Crippen molar-refractivity contribution >= 4 is 0 Å². The molecule has 2 aromatic heterocycles. The Morgan fingerprint density at radius 1 is 0.682 bits per heavy atom. The van der Waals surface area contributed by atoms with Crippen molar-refractivity contribution in [2.24, 2.45) is 0 Å². The minimum Gasteiger partial charge on any atom is -0.465 e. The maximum Gasteiger partial charge on any atom is 0.284 e. The summed E-state index contributed by atoms with van der Waals surface area (Å²) in [6.45, 7) is 5.04. The maximum absolute atomic E-state index is 5.35. The van der Waals surface area contributed by atoms with Crippen LogP contribution in [0.2, 0.25) is 0 Å². The predicted octanol–water partition coefficient (Wildman–Crippen LogP) is 5.00. The lowest BCUT2D eigenvalue weighted by Gasteiger charge is -2.00. The molecule has 1 aromatic carbocycles. The SMILES string of the molecule is CCOc1cc(-c2ccc(-c3coc(OCC)c3)cc2)co1. The molecule has 4 nitrogen and oxygen atoms in total. The number of benzene rings is 1. The molecule has 4 heteroatoms. The topological polar surface area (TPSA) is 44.7 Å². The number of ether oxygens (including phenoxy) is 2. The summed E-state index contributed by atoms with van der Waals surface area (Å²) in [7, 11) is 0. The van der Waals surface area contributed by atoms with Crippen LogP contribution in [-0.4, -0.2) is 13.2 Å². The van der Waals surface area contributed by atoms with Crippen LogP contribution in [0.25, 0.3) is 22.3 Å². The third-order valence-electron chi connectivity index (χ3n) is 3.28. The minimum atomic E-state index is 0.540. The summed E-state index contributed by atoms with van der Waals surface area (Å²) in [6, 6.07) is 12.0. The molecule has 0 aliphatic heterocycles. The normalized spacial score (nSPS) is 10.6. The van der Waals surface area contributed by atoms with Crippen LogP contribution in [0.5, 0.6) is 11.9 Å². The van der Waals surface area contributed by atoms with Crippen LogP contribution in [0.4, 0.5) is 0 Å². The standard InChI is InChI=1S/C18H18O4/c1-3-19-17-9-15(11-21-17)13-5-7-14(8-6-13)16-10-18(20-4-2)22-12-16/h5-12H,3-4H2,1-2H3. The van der Waals surface area contributed by atoms with Crippen LogP contribution in [0, 0.1) is 0 Å². The summed E-state index contributed by atoms with van der Waals surface area (Å²) in [5.41, 5.74) is 4.15. The smallest absolute Gasteiger partial charge is 0.284 e. The average Bonchev–Trinajstić information content (AvgIpc) is 3.18. The van der Waals surface area contributed by atoms with E-state index in [4.69, 9.17) is 18.3 Å². The van der Waals surface area contributed by atoms with Crippen molar-refractivity contribution in [3.8, 4) is 34.1 Å². The molecule has 22 heavy (non-hydrogen) atoms. The Hall–Kier alpha value is -2.62. The zero-order chi connectivity index (χ0) is 15.4. The molecular weight excluding hydrogens is 280 g/mol. The van der Waals surface area contributed by atoms with E-state index >= 15 is 0 Å². The van der Waals surface area contributed by atoms with Crippen molar-refractivity contribution in [3.05, 3.63) is 48.9 Å². The molecule has 0 radical (unpaired) electrons. The summed E-state index contributed by atoms with van der Waals surface area (Å²) in [4.78, 5) is 0. The third-order valence-corrected chi connectivity index (χ3v) is 3.28. The summed E-state index contributed by atoms with van der Waals surface area (Å²) in [6.07, 6.45) is 3.40. The highest BCUT2D eigenvalue weighted by atomic mass is 16.6. The molecule has 0 amide bonds. The van der Waals surface area contributed by atoms with E-state index < -0.39 is 0 Å². The highest BCUT2D eigenvalue weighted by Crippen LogP contribution is 2.30. The fourth-order valence-corrected chi connectivity index (χ4v) is 2.23. The molecular formula is C18H18O4. The van der Waals surface area contributed by atoms with E-state index in [1.807, 2.05) is 50.2 Å². The lowest BCUT2D eigenvalue weighted by molar-refractivity contribution is 0.257. The predicted molar refractivity (Wildman–Crippen MR) is 84.2 cm³/mol. The molecule has 0 atom stereocenters. The lowest BCUT2D eigenvalue weighted by atomic mass is 10.0. The first-order valence-corrected chi connectivity index (χ1v) is 7.33. The molecule has 0 saturated heterocycles. The Bertz CT molecular complexity index is 658. The number of hydrogen-bond donors (Lipinski definition) is 0. The van der Waals surface area contributed by atoms with Crippen molar-refractivity contribution in [3.63, 3.8) is 0 Å². The molecule has 0 saturated carbocycles. The van der Waals surface area contributed by atoms with Crippen LogP contribution >= 0.6 is 0 Å². The van der Waals surface area contributed by atoms with Crippen LogP contribution in [0.15, 0.2) is 57.8 Å². The lowest BCUT2D eigenvalue weighted by Crippen LogP contribution is -1.88. The van der Waals surface area contributed by atoms with Gasteiger partial charge in [0.1, 0.15) is 12.5 Å². The van der Waals surface area contributed by atoms with Gasteiger partial charge in [-0.3, -0.25) is 0 Å². The highest BCUT2D eigenvalue weighted by Gasteiger charge is 2.07. The molecule has 0 aliphatic carbocycles. The number of rotatable bonds is 6. The molecule has 2 heterocycles. The van der Waals surface area contributed by atoms with Gasteiger partial charge in [-0.05, 0) is 25.0 Å². The van der Waals surface area contributed by atoms with Crippen molar-refractivity contribution in [2.75, 3.05) is 13.2 Å². The van der Waals surface area contributed by atoms with E-state index in [0.717, 1.165) is 22.3 Å². The monoisotopic (exact) mass is 298 g/mol. The molecule has 0 spiro atoms. The fraction of sp³-hybridized carbons (Fsp3) is 0.222. The average molecular weight is 298 g/mol. The number of furan rings is 2. The van der Waals surface area contributed by atoms with Crippen LogP contribution in [-0.2, 0) is 0 Å². The Balaban J connectivity index is 1.79. The van der Waals surface area contributed by atoms with Gasteiger partial charge in [-0.25, -0.2) is 0 Å². The van der Waals surface area contributed by atoms with Crippen LogP contribution < -0.4 is 9.47 Å². The Morgan fingerprint density at radius 2 is 1.09 bits per heavy atom. The van der Waals surface area contributed by atoms with E-state index in [-0.39, 0.29) is 0 Å². The zero-order valence-electron chi connectivity index (χ0n) is 12.7. The van der Waals surface area contributed by atoms with Crippen molar-refractivity contribution in [1.82, 2.24) is 0 Å². The van der Waals surface area contributed by atoms with E-state index in [0.29, 0.717) is 25.1 Å². The molecule has 0 N–H and O–H groups in total. The largest absolute Gasteiger partial charge is 0.465 e. The van der Waals surface area contributed by atoms with Gasteiger partial charge in [-0.2, -0.15) is 0 Å². The second-order valence-electron chi connectivity index (χ2n) is 4.75. The molecule has 3 rings (SSSR count). The minimum absolute atomic E-state index is 0.540. The summed E-state index contributed by atoms with van der Waals surface area (Å²) < 4.78 is 21.4. The second-order valence-corrected chi connectivity index (χ2v) is 4.75. The van der Waals surface area contributed by atoms with E-state index in [2.05, 4.69) is 0 Å². The molecule has 114 valence electrons. The van der Waals surface area contributed by atoms with Gasteiger partial charge in [0.25, 0.3) is 11.9 Å². The van der Waals surface area contributed by atoms with Crippen molar-refractivity contribution < 1.29 is 18.3 Å². The first-order valence-electron chi connectivity index (χ1n) is 7.33. The van der Waals surface area contributed by atoms with Crippen LogP contribution in [0.3, 0.4) is 0 Å². The van der Waals surface area contributed by atoms with Gasteiger partial charge in [0, 0.05) is 23.3 Å². The van der Waals surface area contributed by atoms with Crippen molar-refractivity contribution in [2.45, 2.75) is 13.8 Å². The molecule has 0 unspecified atom stereocenters. The molecule has 0 bridgehead atoms. The van der Waals surface area contributed by atoms with Gasteiger partial charge in [-0.1, -0.05) is 24.3 Å². The first kappa shape index (κ1) is 14.3. The fourth-order valence-electron chi connectivity index (χ4n) is 2.23. The summed E-state index contributed by atoms with van der Waals surface area (Å²) in [5.74, 6) is 1.08. The van der Waals surface area contributed by atoms with Crippen LogP contribution in [0.1, 0.15) is 13.8 Å². The number of hydrogen-bond acceptors (Lipinski definition) is 4. The molecule has 0 aliphatic rings. The van der Waals surface area contributed by atoms with E-state index in [9.17, 15) is 0 Å². The van der Waals surface area contributed by atoms with Gasteiger partial charge >= 0.3 is 0 Å². The summed E-state index contributed by atoms with van der Waals surface area (Å²) >= 11 is 0. The summed E-state index contributed by atoms with van der Waals surface area (Å²) in [5, 5.41) is 0. The van der Waals surface area contributed by atoms with Gasteiger partial charge < -0.3 is 18.3 Å². The van der Waals surface area contributed by atoms with Gasteiger partial charge in [0.05, 0.1) is 13.2 Å². The van der Waals surface area contributed by atoms with Gasteiger partial charge in [-0.15, -0.1) is 0 Å². The quantitative estimate of drug-likeness (QED) is 0.642. The van der Waals surface area contributed by atoms with E-state index in [1.165, 1.54) is 0 Å². The first-order chi connectivity index (χ1) is 10.8. The second kappa shape index (κ2) is 6.43. The van der Waals surface area contributed by atoms with Gasteiger partial charge in [0.15, 0.2) is 0 Å². The van der Waals surface area contributed by atoms with E-state index in [1.54, 1.807) is 12.5 Å². The molecule has 3 aromatic rings. The third kappa shape index (κ3) is 3.01. The zero-order valence-corrected chi connectivity index (χ0v) is 12.7. The Labute approximate surface area is 129 Å². The van der Waals surface area contributed by atoms with Crippen molar-refractivity contribution in [1.29, 1.82) is 0 Å². The maximum atomic E-state index is 5.35.